The molecule has 1 aliphatic heterocycles. The van der Waals surface area contributed by atoms with Gasteiger partial charge in [-0.3, -0.25) is 4.79 Å². The van der Waals surface area contributed by atoms with Gasteiger partial charge in [-0.2, -0.15) is 0 Å². The molecule has 5 nitrogen and oxygen atoms in total. The molecule has 2 heterocycles. The summed E-state index contributed by atoms with van der Waals surface area (Å²) in [5.41, 5.74) is 1.94. The number of amides is 1. The molecule has 1 fully saturated rings. The molecule has 1 saturated heterocycles. The van der Waals surface area contributed by atoms with Crippen LogP contribution >= 0.6 is 0 Å². The third kappa shape index (κ3) is 4.44. The van der Waals surface area contributed by atoms with Crippen LogP contribution in [0.2, 0.25) is 0 Å². The zero-order chi connectivity index (χ0) is 19.3. The van der Waals surface area contributed by atoms with Crippen LogP contribution in [0.1, 0.15) is 41.7 Å². The minimum atomic E-state index is -0.266. The van der Waals surface area contributed by atoms with Crippen LogP contribution in [0, 0.1) is 5.82 Å². The van der Waals surface area contributed by atoms with Gasteiger partial charge in [0.25, 0.3) is 0 Å². The average molecular weight is 379 g/mol. The fraction of sp³-hybridized carbons (Fsp3) is 0.318. The molecule has 1 aliphatic rings. The Bertz CT molecular complexity index is 924. The maximum absolute atomic E-state index is 13.0. The van der Waals surface area contributed by atoms with Gasteiger partial charge in [0.2, 0.25) is 17.7 Å². The second-order valence-corrected chi connectivity index (χ2v) is 7.18. The van der Waals surface area contributed by atoms with Crippen molar-refractivity contribution in [2.75, 3.05) is 13.1 Å². The van der Waals surface area contributed by atoms with Crippen LogP contribution in [-0.2, 0) is 17.6 Å². The second-order valence-electron chi connectivity index (χ2n) is 7.18. The van der Waals surface area contributed by atoms with E-state index in [0.29, 0.717) is 31.2 Å². The van der Waals surface area contributed by atoms with Gasteiger partial charge in [0.1, 0.15) is 5.82 Å². The molecule has 2 aromatic carbocycles. The summed E-state index contributed by atoms with van der Waals surface area (Å²) in [6.45, 7) is 1.36. The Morgan fingerprint density at radius 1 is 1.07 bits per heavy atom. The van der Waals surface area contributed by atoms with E-state index >= 15 is 0 Å². The monoisotopic (exact) mass is 379 g/mol. The molecule has 0 saturated carbocycles. The van der Waals surface area contributed by atoms with Crippen molar-refractivity contribution in [1.82, 2.24) is 15.1 Å². The molecular weight excluding hydrogens is 357 g/mol. The van der Waals surface area contributed by atoms with E-state index in [-0.39, 0.29) is 17.6 Å². The molecule has 0 radical (unpaired) electrons. The molecule has 0 N–H and O–H groups in total. The number of nitrogens with zero attached hydrogens (tertiary/aromatic N) is 3. The normalized spacial score (nSPS) is 16.9. The van der Waals surface area contributed by atoms with Crippen LogP contribution in [0.25, 0.3) is 0 Å². The lowest BCUT2D eigenvalue weighted by molar-refractivity contribution is -0.131. The quantitative estimate of drug-likeness (QED) is 0.677. The van der Waals surface area contributed by atoms with Crippen molar-refractivity contribution in [2.24, 2.45) is 0 Å². The van der Waals surface area contributed by atoms with Gasteiger partial charge in [0, 0.05) is 13.1 Å². The van der Waals surface area contributed by atoms with Gasteiger partial charge in [-0.15, -0.1) is 10.2 Å². The van der Waals surface area contributed by atoms with Gasteiger partial charge in [-0.1, -0.05) is 42.5 Å². The minimum Gasteiger partial charge on any atom is -0.425 e. The Hall–Kier alpha value is -3.02. The van der Waals surface area contributed by atoms with Crippen LogP contribution in [0.4, 0.5) is 4.39 Å². The summed E-state index contributed by atoms with van der Waals surface area (Å²) < 4.78 is 18.9. The molecule has 1 unspecified atom stereocenters. The Balaban J connectivity index is 1.38. The Morgan fingerprint density at radius 3 is 2.64 bits per heavy atom. The summed E-state index contributed by atoms with van der Waals surface area (Å²) in [6.07, 6.45) is 2.72. The van der Waals surface area contributed by atoms with E-state index in [1.807, 2.05) is 35.2 Å². The van der Waals surface area contributed by atoms with Crippen LogP contribution in [-0.4, -0.2) is 34.1 Å². The van der Waals surface area contributed by atoms with Gasteiger partial charge in [0.15, 0.2) is 0 Å². The number of aromatic nitrogens is 2. The molecule has 0 aliphatic carbocycles. The van der Waals surface area contributed by atoms with E-state index in [2.05, 4.69) is 10.2 Å². The molecule has 1 atom stereocenters. The molecule has 1 amide bonds. The third-order valence-electron chi connectivity index (χ3n) is 5.07. The molecule has 0 spiro atoms. The lowest BCUT2D eigenvalue weighted by atomic mass is 9.97. The number of halogens is 1. The topological polar surface area (TPSA) is 59.2 Å². The highest BCUT2D eigenvalue weighted by Gasteiger charge is 2.28. The second kappa shape index (κ2) is 8.33. The lowest BCUT2D eigenvalue weighted by Crippen LogP contribution is -2.40. The van der Waals surface area contributed by atoms with Crippen LogP contribution in [0.15, 0.2) is 59.0 Å². The predicted molar refractivity (Wildman–Crippen MR) is 102 cm³/mol. The summed E-state index contributed by atoms with van der Waals surface area (Å²) in [7, 11) is 0. The van der Waals surface area contributed by atoms with Crippen LogP contribution in [0.5, 0.6) is 0 Å². The maximum atomic E-state index is 13.0. The van der Waals surface area contributed by atoms with E-state index in [9.17, 15) is 9.18 Å². The molecule has 1 aromatic heterocycles. The summed E-state index contributed by atoms with van der Waals surface area (Å²) in [5.74, 6) is 1.01. The molecule has 144 valence electrons. The van der Waals surface area contributed by atoms with Gasteiger partial charge in [-0.05, 0) is 36.1 Å². The Kier molecular flexibility index (Phi) is 5.46. The van der Waals surface area contributed by atoms with Crippen molar-refractivity contribution < 1.29 is 13.6 Å². The molecule has 28 heavy (non-hydrogen) atoms. The summed E-state index contributed by atoms with van der Waals surface area (Å²) in [5, 5.41) is 8.34. The fourth-order valence-corrected chi connectivity index (χ4v) is 3.57. The van der Waals surface area contributed by atoms with Gasteiger partial charge >= 0.3 is 0 Å². The summed E-state index contributed by atoms with van der Waals surface area (Å²) in [6, 6.07) is 16.1. The first-order chi connectivity index (χ1) is 13.7. The number of hydrogen-bond acceptors (Lipinski definition) is 4. The molecule has 4 rings (SSSR count). The van der Waals surface area contributed by atoms with Crippen LogP contribution in [0.3, 0.4) is 0 Å². The number of carbonyl (C=O) groups excluding carboxylic acids is 1. The highest BCUT2D eigenvalue weighted by atomic mass is 19.1. The number of hydrogen-bond donors (Lipinski definition) is 0. The van der Waals surface area contributed by atoms with Gasteiger partial charge in [0.05, 0.1) is 18.8 Å². The lowest BCUT2D eigenvalue weighted by Gasteiger charge is -2.31. The highest BCUT2D eigenvalue weighted by molar-refractivity contribution is 5.78. The fourth-order valence-electron chi connectivity index (χ4n) is 3.57. The Morgan fingerprint density at radius 2 is 1.86 bits per heavy atom. The molecule has 0 bridgehead atoms. The third-order valence-corrected chi connectivity index (χ3v) is 5.07. The first-order valence-corrected chi connectivity index (χ1v) is 9.56. The van der Waals surface area contributed by atoms with E-state index in [0.717, 1.165) is 30.5 Å². The number of carbonyl (C=O) groups is 1. The van der Waals surface area contributed by atoms with Gasteiger partial charge in [-0.25, -0.2) is 4.39 Å². The Labute approximate surface area is 163 Å². The molecule has 6 heteroatoms. The highest BCUT2D eigenvalue weighted by Crippen LogP contribution is 2.27. The minimum absolute atomic E-state index is 0.0583. The zero-order valence-corrected chi connectivity index (χ0v) is 15.6. The van der Waals surface area contributed by atoms with Crippen molar-refractivity contribution in [3.05, 3.63) is 83.3 Å². The first kappa shape index (κ1) is 18.3. The SMILES string of the molecule is O=C(Cc1ccccc1)N1CCCC(c2nnc(Cc3ccc(F)cc3)o2)C1. The number of rotatable bonds is 5. The van der Waals surface area contributed by atoms with E-state index in [4.69, 9.17) is 4.42 Å². The smallest absolute Gasteiger partial charge is 0.227 e. The average Bonchev–Trinajstić information content (AvgIpc) is 3.19. The predicted octanol–water partition coefficient (Wildman–Crippen LogP) is 3.75. The maximum Gasteiger partial charge on any atom is 0.227 e. The van der Waals surface area contributed by atoms with Crippen molar-refractivity contribution >= 4 is 5.91 Å². The molecular formula is C22H22FN3O2. The van der Waals surface area contributed by atoms with Crippen molar-refractivity contribution in [1.29, 1.82) is 0 Å². The van der Waals surface area contributed by atoms with Gasteiger partial charge < -0.3 is 9.32 Å². The number of likely N-dealkylation sites (tertiary alicyclic amines) is 1. The van der Waals surface area contributed by atoms with Crippen LogP contribution < -0.4 is 0 Å². The molecule has 3 aromatic rings. The summed E-state index contributed by atoms with van der Waals surface area (Å²) in [4.78, 5) is 14.5. The number of benzene rings is 2. The van der Waals surface area contributed by atoms with E-state index in [1.54, 1.807) is 12.1 Å². The first-order valence-electron chi connectivity index (χ1n) is 9.56. The summed E-state index contributed by atoms with van der Waals surface area (Å²) >= 11 is 0. The van der Waals surface area contributed by atoms with E-state index < -0.39 is 0 Å². The van der Waals surface area contributed by atoms with Crippen molar-refractivity contribution in [2.45, 2.75) is 31.6 Å². The van der Waals surface area contributed by atoms with Crippen molar-refractivity contribution in [3.63, 3.8) is 0 Å². The van der Waals surface area contributed by atoms with E-state index in [1.165, 1.54) is 12.1 Å². The number of piperidine rings is 1. The zero-order valence-electron chi connectivity index (χ0n) is 15.6. The standard InChI is InChI=1S/C22H22FN3O2/c23-19-10-8-17(9-11-19)13-20-24-25-22(28-20)18-7-4-12-26(15-18)21(27)14-16-5-2-1-3-6-16/h1-3,5-6,8-11,18H,4,7,12-15H2. The largest absolute Gasteiger partial charge is 0.425 e. The van der Waals surface area contributed by atoms with Crippen molar-refractivity contribution in [3.8, 4) is 0 Å².